The van der Waals surface area contributed by atoms with Gasteiger partial charge in [0.1, 0.15) is 0 Å². The quantitative estimate of drug-likeness (QED) is 0.829. The molecule has 0 saturated carbocycles. The third kappa shape index (κ3) is 3.61. The van der Waals surface area contributed by atoms with Crippen molar-refractivity contribution in [2.75, 3.05) is 13.7 Å². The molecule has 1 aliphatic heterocycles. The van der Waals surface area contributed by atoms with Crippen molar-refractivity contribution in [2.45, 2.75) is 36.8 Å². The maximum Gasteiger partial charge on any atom is 0.339 e. The number of hydrogen-bond donors (Lipinski definition) is 1. The molecule has 116 valence electrons. The summed E-state index contributed by atoms with van der Waals surface area (Å²) in [4.78, 5) is 11.6. The predicted octanol–water partition coefficient (Wildman–Crippen LogP) is 1.32. The van der Waals surface area contributed by atoms with Crippen LogP contribution in [-0.4, -0.2) is 40.2 Å². The van der Waals surface area contributed by atoms with Gasteiger partial charge in [0.2, 0.25) is 10.0 Å². The average Bonchev–Trinajstić information content (AvgIpc) is 3.00. The Morgan fingerprint density at radius 2 is 2.14 bits per heavy atom. The minimum absolute atomic E-state index is 0.0204. The first-order valence-corrected chi connectivity index (χ1v) is 8.25. The molecule has 0 radical (unpaired) electrons. The van der Waals surface area contributed by atoms with Crippen LogP contribution in [0.5, 0.6) is 0 Å². The summed E-state index contributed by atoms with van der Waals surface area (Å²) in [5, 5.41) is 0. The van der Waals surface area contributed by atoms with Crippen molar-refractivity contribution in [3.05, 3.63) is 29.8 Å². The Bertz CT molecular complexity index is 608. The molecule has 1 aliphatic rings. The molecule has 6 nitrogen and oxygen atoms in total. The number of hydrogen-bond acceptors (Lipinski definition) is 5. The third-order valence-electron chi connectivity index (χ3n) is 3.45. The second kappa shape index (κ2) is 6.55. The van der Waals surface area contributed by atoms with Crippen LogP contribution in [0.25, 0.3) is 0 Å². The first kappa shape index (κ1) is 15.9. The van der Waals surface area contributed by atoms with Crippen LogP contribution in [0.15, 0.2) is 29.2 Å². The fraction of sp³-hybridized carbons (Fsp3) is 0.500. The number of rotatable bonds is 5. The van der Waals surface area contributed by atoms with Crippen molar-refractivity contribution in [3.8, 4) is 0 Å². The molecule has 0 spiro atoms. The highest BCUT2D eigenvalue weighted by atomic mass is 32.2. The van der Waals surface area contributed by atoms with Gasteiger partial charge in [-0.15, -0.1) is 0 Å². The summed E-state index contributed by atoms with van der Waals surface area (Å²) in [6, 6.07) is 5.61. The first-order valence-electron chi connectivity index (χ1n) is 6.77. The lowest BCUT2D eigenvalue weighted by Gasteiger charge is -2.20. The summed E-state index contributed by atoms with van der Waals surface area (Å²) in [5.74, 6) is -0.680. The van der Waals surface area contributed by atoms with Gasteiger partial charge in [-0.1, -0.05) is 12.1 Å². The van der Waals surface area contributed by atoms with Gasteiger partial charge in [0.25, 0.3) is 0 Å². The predicted molar refractivity (Wildman–Crippen MR) is 76.5 cm³/mol. The van der Waals surface area contributed by atoms with E-state index in [2.05, 4.69) is 9.46 Å². The number of ether oxygens (including phenoxy) is 2. The summed E-state index contributed by atoms with van der Waals surface area (Å²) in [5.41, 5.74) is 0.0204. The monoisotopic (exact) mass is 313 g/mol. The van der Waals surface area contributed by atoms with Crippen LogP contribution in [0, 0.1) is 0 Å². The van der Waals surface area contributed by atoms with Crippen LogP contribution in [0.3, 0.4) is 0 Å². The molecule has 21 heavy (non-hydrogen) atoms. The van der Waals surface area contributed by atoms with E-state index in [1.807, 2.05) is 0 Å². The van der Waals surface area contributed by atoms with E-state index in [1.54, 1.807) is 19.1 Å². The van der Waals surface area contributed by atoms with E-state index in [0.717, 1.165) is 12.8 Å². The molecule has 2 atom stereocenters. The van der Waals surface area contributed by atoms with Crippen LogP contribution in [0.2, 0.25) is 0 Å². The Balaban J connectivity index is 2.25. The molecular weight excluding hydrogens is 294 g/mol. The lowest BCUT2D eigenvalue weighted by atomic mass is 10.1. The molecule has 7 heteroatoms. The Kier molecular flexibility index (Phi) is 4.97. The van der Waals surface area contributed by atoms with Crippen molar-refractivity contribution in [3.63, 3.8) is 0 Å². The molecule has 1 N–H and O–H groups in total. The molecule has 0 bridgehead atoms. The van der Waals surface area contributed by atoms with E-state index in [9.17, 15) is 13.2 Å². The smallest absolute Gasteiger partial charge is 0.339 e. The van der Waals surface area contributed by atoms with Gasteiger partial charge in [-0.2, -0.15) is 0 Å². The minimum atomic E-state index is -3.81. The van der Waals surface area contributed by atoms with Crippen LogP contribution in [0.4, 0.5) is 0 Å². The highest BCUT2D eigenvalue weighted by Gasteiger charge is 2.29. The van der Waals surface area contributed by atoms with E-state index in [4.69, 9.17) is 4.74 Å². The number of carbonyl (C=O) groups excluding carboxylic acids is 1. The van der Waals surface area contributed by atoms with E-state index >= 15 is 0 Å². The van der Waals surface area contributed by atoms with Crippen molar-refractivity contribution in [1.82, 2.24) is 4.72 Å². The second-order valence-corrected chi connectivity index (χ2v) is 6.63. The Morgan fingerprint density at radius 3 is 2.76 bits per heavy atom. The maximum absolute atomic E-state index is 12.5. The zero-order valence-electron chi connectivity index (χ0n) is 12.0. The zero-order chi connectivity index (χ0) is 15.5. The summed E-state index contributed by atoms with van der Waals surface area (Å²) in [6.07, 6.45) is 1.61. The van der Waals surface area contributed by atoms with E-state index in [1.165, 1.54) is 19.2 Å². The average molecular weight is 313 g/mol. The minimum Gasteiger partial charge on any atom is -0.465 e. The van der Waals surface area contributed by atoms with Gasteiger partial charge >= 0.3 is 5.97 Å². The SMILES string of the molecule is COC(=O)c1ccccc1S(=O)(=O)NC(C)C1CCCO1. The standard InChI is InChI=1S/C14H19NO5S/c1-10(12-7-5-9-20-12)15-21(17,18)13-8-4-3-6-11(13)14(16)19-2/h3-4,6,8,10,12,15H,5,7,9H2,1-2H3. The largest absolute Gasteiger partial charge is 0.465 e. The first-order chi connectivity index (χ1) is 9.95. The second-order valence-electron chi connectivity index (χ2n) is 4.95. The number of esters is 1. The highest BCUT2D eigenvalue weighted by Crippen LogP contribution is 2.20. The van der Waals surface area contributed by atoms with Crippen LogP contribution in [-0.2, 0) is 19.5 Å². The van der Waals surface area contributed by atoms with Gasteiger partial charge < -0.3 is 9.47 Å². The fourth-order valence-electron chi connectivity index (χ4n) is 2.36. The molecule has 2 rings (SSSR count). The Morgan fingerprint density at radius 1 is 1.43 bits per heavy atom. The fourth-order valence-corrected chi connectivity index (χ4v) is 3.83. The molecule has 1 aromatic carbocycles. The highest BCUT2D eigenvalue weighted by molar-refractivity contribution is 7.89. The van der Waals surface area contributed by atoms with Crippen LogP contribution >= 0.6 is 0 Å². The molecule has 1 fully saturated rings. The van der Waals surface area contributed by atoms with Gasteiger partial charge in [-0.05, 0) is 31.9 Å². The summed E-state index contributed by atoms with van der Waals surface area (Å²) >= 11 is 0. The molecule has 2 unspecified atom stereocenters. The Hall–Kier alpha value is -1.44. The molecule has 0 aromatic heterocycles. The maximum atomic E-state index is 12.5. The van der Waals surface area contributed by atoms with Crippen molar-refractivity contribution >= 4 is 16.0 Å². The van der Waals surface area contributed by atoms with Crippen LogP contribution < -0.4 is 4.72 Å². The van der Waals surface area contributed by atoms with Crippen LogP contribution in [0.1, 0.15) is 30.1 Å². The van der Waals surface area contributed by atoms with Crippen molar-refractivity contribution < 1.29 is 22.7 Å². The number of benzene rings is 1. The molecule has 1 saturated heterocycles. The number of methoxy groups -OCH3 is 1. The number of sulfonamides is 1. The number of nitrogens with one attached hydrogen (secondary N) is 1. The molecule has 1 heterocycles. The topological polar surface area (TPSA) is 81.7 Å². The molecular formula is C14H19NO5S. The molecule has 1 aromatic rings. The van der Waals surface area contributed by atoms with Gasteiger partial charge in [0.05, 0.1) is 23.7 Å². The van der Waals surface area contributed by atoms with E-state index in [0.29, 0.717) is 6.61 Å². The van der Waals surface area contributed by atoms with Gasteiger partial charge in [-0.25, -0.2) is 17.9 Å². The molecule has 0 aliphatic carbocycles. The number of carbonyl (C=O) groups is 1. The van der Waals surface area contributed by atoms with E-state index in [-0.39, 0.29) is 22.6 Å². The van der Waals surface area contributed by atoms with Gasteiger partial charge in [-0.3, -0.25) is 0 Å². The van der Waals surface area contributed by atoms with Gasteiger partial charge in [0.15, 0.2) is 0 Å². The zero-order valence-corrected chi connectivity index (χ0v) is 12.9. The lowest BCUT2D eigenvalue weighted by Crippen LogP contribution is -2.41. The lowest BCUT2D eigenvalue weighted by molar-refractivity contribution is 0.0596. The summed E-state index contributed by atoms with van der Waals surface area (Å²) in [6.45, 7) is 2.41. The third-order valence-corrected chi connectivity index (χ3v) is 5.06. The Labute approximate surface area is 124 Å². The molecule has 0 amide bonds. The van der Waals surface area contributed by atoms with Crippen molar-refractivity contribution in [1.29, 1.82) is 0 Å². The normalized spacial score (nSPS) is 20.2. The van der Waals surface area contributed by atoms with E-state index < -0.39 is 16.0 Å². The van der Waals surface area contributed by atoms with Crippen molar-refractivity contribution in [2.24, 2.45) is 0 Å². The summed E-state index contributed by atoms with van der Waals surface area (Å²) in [7, 11) is -2.60. The van der Waals surface area contributed by atoms with Gasteiger partial charge in [0, 0.05) is 12.6 Å². The summed E-state index contributed by atoms with van der Waals surface area (Å²) < 4.78 is 37.6.